The molecular weight excluding hydrogens is 330 g/mol. The van der Waals surface area contributed by atoms with Crippen LogP contribution in [0.4, 0.5) is 0 Å². The molecule has 1 atom stereocenters. The van der Waals surface area contributed by atoms with Crippen LogP contribution < -0.4 is 4.74 Å². The van der Waals surface area contributed by atoms with E-state index in [0.717, 1.165) is 11.3 Å². The van der Waals surface area contributed by atoms with E-state index in [0.29, 0.717) is 37.6 Å². The van der Waals surface area contributed by atoms with Crippen molar-refractivity contribution in [2.75, 3.05) is 19.7 Å². The van der Waals surface area contributed by atoms with Crippen molar-refractivity contribution in [1.82, 2.24) is 14.3 Å². The summed E-state index contributed by atoms with van der Waals surface area (Å²) in [6.07, 6.45) is 3.97. The fourth-order valence-electron chi connectivity index (χ4n) is 3.12. The summed E-state index contributed by atoms with van der Waals surface area (Å²) < 4.78 is 13.3. The number of aromatic nitrogens is 2. The van der Waals surface area contributed by atoms with Crippen molar-refractivity contribution >= 4 is 11.6 Å². The van der Waals surface area contributed by atoms with Crippen LogP contribution in [0.1, 0.15) is 23.0 Å². The standard InChI is InChI=1S/C20H21N3O3/c1-15-12-23(9-10-25-15)20(24)16-5-4-6-18(11-16)26-14-17-13-22-8-3-2-7-19(22)21-17/h2-8,11,13,15H,9-10,12,14H2,1H3. The number of carbonyl (C=O) groups excluding carboxylic acids is 1. The van der Waals surface area contributed by atoms with Gasteiger partial charge < -0.3 is 18.8 Å². The summed E-state index contributed by atoms with van der Waals surface area (Å²) in [7, 11) is 0. The van der Waals surface area contributed by atoms with E-state index < -0.39 is 0 Å². The third-order valence-corrected chi connectivity index (χ3v) is 4.41. The van der Waals surface area contributed by atoms with Crippen LogP contribution in [0.5, 0.6) is 5.75 Å². The van der Waals surface area contributed by atoms with E-state index in [9.17, 15) is 4.79 Å². The molecule has 134 valence electrons. The second-order valence-corrected chi connectivity index (χ2v) is 6.45. The monoisotopic (exact) mass is 351 g/mol. The largest absolute Gasteiger partial charge is 0.487 e. The van der Waals surface area contributed by atoms with Crippen molar-refractivity contribution in [2.24, 2.45) is 0 Å². The van der Waals surface area contributed by atoms with E-state index in [1.807, 2.05) is 65.0 Å². The Morgan fingerprint density at radius 3 is 3.08 bits per heavy atom. The Bertz CT molecular complexity index is 888. The number of morpholine rings is 1. The topological polar surface area (TPSA) is 56.1 Å². The number of rotatable bonds is 4. The maximum Gasteiger partial charge on any atom is 0.254 e. The molecule has 6 nitrogen and oxygen atoms in total. The second kappa shape index (κ2) is 7.17. The van der Waals surface area contributed by atoms with Gasteiger partial charge in [0.2, 0.25) is 0 Å². The number of imidazole rings is 1. The molecule has 6 heteroatoms. The highest BCUT2D eigenvalue weighted by molar-refractivity contribution is 5.94. The molecule has 1 aliphatic rings. The van der Waals surface area contributed by atoms with Gasteiger partial charge in [-0.05, 0) is 37.3 Å². The van der Waals surface area contributed by atoms with Gasteiger partial charge in [-0.2, -0.15) is 0 Å². The van der Waals surface area contributed by atoms with Gasteiger partial charge in [0.1, 0.15) is 18.0 Å². The third kappa shape index (κ3) is 3.55. The number of ether oxygens (including phenoxy) is 2. The van der Waals surface area contributed by atoms with Gasteiger partial charge in [0, 0.05) is 31.0 Å². The highest BCUT2D eigenvalue weighted by atomic mass is 16.5. The maximum absolute atomic E-state index is 12.7. The number of amides is 1. The molecule has 1 unspecified atom stereocenters. The van der Waals surface area contributed by atoms with Crippen LogP contribution in [0.15, 0.2) is 54.9 Å². The third-order valence-electron chi connectivity index (χ3n) is 4.41. The van der Waals surface area contributed by atoms with Gasteiger partial charge in [0.05, 0.1) is 18.4 Å². The summed E-state index contributed by atoms with van der Waals surface area (Å²) in [6.45, 7) is 4.15. The zero-order chi connectivity index (χ0) is 17.9. The fourth-order valence-corrected chi connectivity index (χ4v) is 3.12. The van der Waals surface area contributed by atoms with Crippen LogP contribution in [-0.4, -0.2) is 46.0 Å². The summed E-state index contributed by atoms with van der Waals surface area (Å²) in [5, 5.41) is 0. The predicted octanol–water partition coefficient (Wildman–Crippen LogP) is 2.77. The van der Waals surface area contributed by atoms with Crippen molar-refractivity contribution in [3.05, 3.63) is 66.1 Å². The van der Waals surface area contributed by atoms with Crippen molar-refractivity contribution in [3.8, 4) is 5.75 Å². The van der Waals surface area contributed by atoms with Gasteiger partial charge in [-0.3, -0.25) is 4.79 Å². The van der Waals surface area contributed by atoms with Crippen LogP contribution in [0.2, 0.25) is 0 Å². The number of hydrogen-bond acceptors (Lipinski definition) is 4. The van der Waals surface area contributed by atoms with Crippen molar-refractivity contribution in [2.45, 2.75) is 19.6 Å². The smallest absolute Gasteiger partial charge is 0.254 e. The minimum Gasteiger partial charge on any atom is -0.487 e. The average molecular weight is 351 g/mol. The molecule has 2 aromatic heterocycles. The lowest BCUT2D eigenvalue weighted by molar-refractivity contribution is -0.0124. The van der Waals surface area contributed by atoms with Crippen molar-refractivity contribution in [3.63, 3.8) is 0 Å². The van der Waals surface area contributed by atoms with Crippen LogP contribution in [0, 0.1) is 0 Å². The highest BCUT2D eigenvalue weighted by Gasteiger charge is 2.22. The zero-order valence-electron chi connectivity index (χ0n) is 14.7. The van der Waals surface area contributed by atoms with Crippen LogP contribution >= 0.6 is 0 Å². The van der Waals surface area contributed by atoms with Gasteiger partial charge >= 0.3 is 0 Å². The molecule has 0 spiro atoms. The van der Waals surface area contributed by atoms with Gasteiger partial charge in [-0.15, -0.1) is 0 Å². The first kappa shape index (κ1) is 16.6. The molecule has 3 aromatic rings. The Kier molecular flexibility index (Phi) is 4.58. The summed E-state index contributed by atoms with van der Waals surface area (Å²) in [4.78, 5) is 19.0. The van der Waals surface area contributed by atoms with Crippen molar-refractivity contribution < 1.29 is 14.3 Å². The van der Waals surface area contributed by atoms with Crippen LogP contribution in [-0.2, 0) is 11.3 Å². The van der Waals surface area contributed by atoms with Gasteiger partial charge in [0.15, 0.2) is 0 Å². The molecule has 0 bridgehead atoms. The minimum atomic E-state index is 0.0123. The maximum atomic E-state index is 12.7. The summed E-state index contributed by atoms with van der Waals surface area (Å²) in [5.41, 5.74) is 2.36. The molecule has 1 aromatic carbocycles. The normalized spacial score (nSPS) is 17.4. The fraction of sp³-hybridized carbons (Fsp3) is 0.300. The molecular formula is C20H21N3O3. The Morgan fingerprint density at radius 2 is 2.23 bits per heavy atom. The molecule has 0 radical (unpaired) electrons. The SMILES string of the molecule is CC1CN(C(=O)c2cccc(OCc3cn4ccccc4n3)c2)CCO1. The Labute approximate surface area is 152 Å². The Balaban J connectivity index is 1.44. The summed E-state index contributed by atoms with van der Waals surface area (Å²) >= 11 is 0. The first-order chi connectivity index (χ1) is 12.7. The molecule has 1 saturated heterocycles. The van der Waals surface area contributed by atoms with E-state index in [1.165, 1.54) is 0 Å². The second-order valence-electron chi connectivity index (χ2n) is 6.45. The minimum absolute atomic E-state index is 0.0123. The molecule has 0 aliphatic carbocycles. The molecule has 26 heavy (non-hydrogen) atoms. The molecule has 4 rings (SSSR count). The first-order valence-corrected chi connectivity index (χ1v) is 8.75. The lowest BCUT2D eigenvalue weighted by Gasteiger charge is -2.31. The van der Waals surface area contributed by atoms with Gasteiger partial charge in [0.25, 0.3) is 5.91 Å². The molecule has 1 amide bonds. The van der Waals surface area contributed by atoms with Crippen LogP contribution in [0.25, 0.3) is 5.65 Å². The molecule has 1 aliphatic heterocycles. The van der Waals surface area contributed by atoms with Gasteiger partial charge in [-0.25, -0.2) is 4.98 Å². The number of carbonyl (C=O) groups is 1. The van der Waals surface area contributed by atoms with Gasteiger partial charge in [-0.1, -0.05) is 12.1 Å². The summed E-state index contributed by atoms with van der Waals surface area (Å²) in [6, 6.07) is 13.2. The van der Waals surface area contributed by atoms with E-state index >= 15 is 0 Å². The van der Waals surface area contributed by atoms with E-state index in [-0.39, 0.29) is 12.0 Å². The zero-order valence-corrected chi connectivity index (χ0v) is 14.7. The molecule has 3 heterocycles. The Hall–Kier alpha value is -2.86. The number of hydrogen-bond donors (Lipinski definition) is 0. The van der Waals surface area contributed by atoms with Crippen molar-refractivity contribution in [1.29, 1.82) is 0 Å². The van der Waals surface area contributed by atoms with Crippen LogP contribution in [0.3, 0.4) is 0 Å². The van der Waals surface area contributed by atoms with E-state index in [4.69, 9.17) is 9.47 Å². The lowest BCUT2D eigenvalue weighted by atomic mass is 10.1. The number of pyridine rings is 1. The Morgan fingerprint density at radius 1 is 1.31 bits per heavy atom. The number of benzene rings is 1. The highest BCUT2D eigenvalue weighted by Crippen LogP contribution is 2.18. The number of nitrogens with zero attached hydrogens (tertiary/aromatic N) is 3. The summed E-state index contributed by atoms with van der Waals surface area (Å²) in [5.74, 6) is 0.674. The van der Waals surface area contributed by atoms with E-state index in [1.54, 1.807) is 6.07 Å². The average Bonchev–Trinajstić information content (AvgIpc) is 3.09. The molecule has 0 N–H and O–H groups in total. The molecule has 0 saturated carbocycles. The predicted molar refractivity (Wildman–Crippen MR) is 97.3 cm³/mol. The number of fused-ring (bicyclic) bond motifs is 1. The lowest BCUT2D eigenvalue weighted by Crippen LogP contribution is -2.44. The quantitative estimate of drug-likeness (QED) is 0.725. The molecule has 1 fully saturated rings. The van der Waals surface area contributed by atoms with E-state index in [2.05, 4.69) is 4.98 Å². The first-order valence-electron chi connectivity index (χ1n) is 8.75.